The number of anilines is 2. The quantitative estimate of drug-likeness (QED) is 0.523. The van der Waals surface area contributed by atoms with Gasteiger partial charge in [-0.05, 0) is 55.0 Å². The molecule has 12 heteroatoms. The van der Waals surface area contributed by atoms with Crippen molar-refractivity contribution in [2.24, 2.45) is 0 Å². The number of nitrogens with zero attached hydrogens (tertiary/aromatic N) is 2. The molecule has 2 aromatic carbocycles. The van der Waals surface area contributed by atoms with Crippen LogP contribution in [-0.4, -0.2) is 26.8 Å². The maximum Gasteiger partial charge on any atom is 0.264 e. The standard InChI is InChI=1S/C18H16Cl2N4O4S2/c1-12-8-9-21-18(22-12)24-30(27,28)15-5-3-14(4-6-15)23-29(25,26)11-13-2-7-16(19)17(20)10-13/h2-10,23H,11H2,1H3,(H,21,22,24). The number of halogens is 2. The molecular formula is C18H16Cl2N4O4S2. The number of nitrogens with one attached hydrogen (secondary N) is 2. The van der Waals surface area contributed by atoms with E-state index in [-0.39, 0.29) is 27.3 Å². The molecule has 3 aromatic rings. The Morgan fingerprint density at radius 3 is 2.23 bits per heavy atom. The summed E-state index contributed by atoms with van der Waals surface area (Å²) >= 11 is 11.7. The van der Waals surface area contributed by atoms with Crippen molar-refractivity contribution >= 4 is 54.9 Å². The molecule has 1 aromatic heterocycles. The van der Waals surface area contributed by atoms with Gasteiger partial charge in [0.15, 0.2) is 0 Å². The monoisotopic (exact) mass is 486 g/mol. The Morgan fingerprint density at radius 1 is 0.900 bits per heavy atom. The Bertz CT molecular complexity index is 1280. The number of hydrogen-bond donors (Lipinski definition) is 2. The molecule has 1 heterocycles. The van der Waals surface area contributed by atoms with Crippen LogP contribution in [0.15, 0.2) is 59.6 Å². The zero-order valence-corrected chi connectivity index (χ0v) is 18.6. The predicted octanol–water partition coefficient (Wildman–Crippen LogP) is 3.83. The Morgan fingerprint density at radius 2 is 1.60 bits per heavy atom. The van der Waals surface area contributed by atoms with E-state index in [9.17, 15) is 16.8 Å². The highest BCUT2D eigenvalue weighted by Gasteiger charge is 2.17. The number of aromatic nitrogens is 2. The summed E-state index contributed by atoms with van der Waals surface area (Å²) in [6, 6.07) is 11.4. The van der Waals surface area contributed by atoms with E-state index in [1.165, 1.54) is 42.6 Å². The third-order valence-electron chi connectivity index (χ3n) is 3.80. The summed E-state index contributed by atoms with van der Waals surface area (Å²) < 4.78 is 54.4. The molecule has 0 aliphatic carbocycles. The summed E-state index contributed by atoms with van der Waals surface area (Å²) in [6.07, 6.45) is 1.44. The molecule has 8 nitrogen and oxygen atoms in total. The van der Waals surface area contributed by atoms with Crippen LogP contribution >= 0.6 is 23.2 Å². The van der Waals surface area contributed by atoms with Crippen LogP contribution in [0.1, 0.15) is 11.3 Å². The lowest BCUT2D eigenvalue weighted by Crippen LogP contribution is -2.16. The number of benzene rings is 2. The topological polar surface area (TPSA) is 118 Å². The highest BCUT2D eigenvalue weighted by atomic mass is 35.5. The molecule has 0 aliphatic rings. The fourth-order valence-corrected chi connectivity index (χ4v) is 4.90. The van der Waals surface area contributed by atoms with E-state index in [0.717, 1.165) is 0 Å². The Kier molecular flexibility index (Phi) is 6.51. The average Bonchev–Trinajstić information content (AvgIpc) is 2.64. The minimum Gasteiger partial charge on any atom is -0.283 e. The molecule has 0 aliphatic heterocycles. The van der Waals surface area contributed by atoms with E-state index < -0.39 is 20.0 Å². The van der Waals surface area contributed by atoms with E-state index in [0.29, 0.717) is 16.3 Å². The van der Waals surface area contributed by atoms with Gasteiger partial charge < -0.3 is 0 Å². The van der Waals surface area contributed by atoms with Gasteiger partial charge in [-0.3, -0.25) is 4.72 Å². The first kappa shape index (κ1) is 22.3. The van der Waals surface area contributed by atoms with Crippen molar-refractivity contribution in [3.05, 3.63) is 76.0 Å². The smallest absolute Gasteiger partial charge is 0.264 e. The summed E-state index contributed by atoms with van der Waals surface area (Å²) in [6.45, 7) is 1.71. The summed E-state index contributed by atoms with van der Waals surface area (Å²) in [7, 11) is -7.68. The van der Waals surface area contributed by atoms with Gasteiger partial charge >= 0.3 is 0 Å². The number of hydrogen-bond acceptors (Lipinski definition) is 6. The fourth-order valence-electron chi connectivity index (χ4n) is 2.44. The molecule has 2 N–H and O–H groups in total. The van der Waals surface area contributed by atoms with Crippen LogP contribution < -0.4 is 9.44 Å². The highest BCUT2D eigenvalue weighted by molar-refractivity contribution is 7.92. The third kappa shape index (κ3) is 5.82. The zero-order valence-electron chi connectivity index (χ0n) is 15.5. The van der Waals surface area contributed by atoms with Gasteiger partial charge in [-0.25, -0.2) is 31.5 Å². The van der Waals surface area contributed by atoms with Gasteiger partial charge in [-0.2, -0.15) is 0 Å². The first-order valence-electron chi connectivity index (χ1n) is 8.41. The summed E-state index contributed by atoms with van der Waals surface area (Å²) in [5.74, 6) is -0.377. The predicted molar refractivity (Wildman–Crippen MR) is 117 cm³/mol. The zero-order chi connectivity index (χ0) is 21.9. The average molecular weight is 487 g/mol. The van der Waals surface area contributed by atoms with Gasteiger partial charge in [0.1, 0.15) is 0 Å². The molecule has 158 valence electrons. The maximum atomic E-state index is 12.5. The number of aryl methyl sites for hydroxylation is 1. The summed E-state index contributed by atoms with van der Waals surface area (Å²) in [5.41, 5.74) is 1.27. The second-order valence-electron chi connectivity index (χ2n) is 6.26. The third-order valence-corrected chi connectivity index (χ3v) is 7.14. The van der Waals surface area contributed by atoms with Crippen LogP contribution in [0.3, 0.4) is 0 Å². The number of rotatable bonds is 7. The molecule has 0 bridgehead atoms. The Balaban J connectivity index is 1.72. The van der Waals surface area contributed by atoms with Crippen molar-refractivity contribution in [1.29, 1.82) is 0 Å². The summed E-state index contributed by atoms with van der Waals surface area (Å²) in [4.78, 5) is 7.78. The lowest BCUT2D eigenvalue weighted by molar-refractivity contribution is 0.599. The van der Waals surface area contributed by atoms with E-state index >= 15 is 0 Å². The Labute approximate surface area is 184 Å². The van der Waals surface area contributed by atoms with Crippen LogP contribution in [-0.2, 0) is 25.8 Å². The highest BCUT2D eigenvalue weighted by Crippen LogP contribution is 2.24. The van der Waals surface area contributed by atoms with Gasteiger partial charge in [0.05, 0.1) is 20.7 Å². The fraction of sp³-hybridized carbons (Fsp3) is 0.111. The van der Waals surface area contributed by atoms with E-state index in [1.54, 1.807) is 19.1 Å². The van der Waals surface area contributed by atoms with Crippen LogP contribution in [0.5, 0.6) is 0 Å². The molecule has 0 amide bonds. The lowest BCUT2D eigenvalue weighted by atomic mass is 10.2. The molecule has 0 saturated heterocycles. The van der Waals surface area contributed by atoms with E-state index in [2.05, 4.69) is 19.4 Å². The molecule has 0 fully saturated rings. The second kappa shape index (κ2) is 8.76. The molecule has 0 atom stereocenters. The Hall–Kier alpha value is -2.40. The maximum absolute atomic E-state index is 12.5. The van der Waals surface area contributed by atoms with Gasteiger partial charge in [0.25, 0.3) is 10.0 Å². The van der Waals surface area contributed by atoms with Gasteiger partial charge in [0, 0.05) is 17.6 Å². The van der Waals surface area contributed by atoms with Crippen molar-refractivity contribution in [1.82, 2.24) is 9.97 Å². The van der Waals surface area contributed by atoms with Crippen LogP contribution in [0.4, 0.5) is 11.6 Å². The van der Waals surface area contributed by atoms with Crippen molar-refractivity contribution in [3.8, 4) is 0 Å². The second-order valence-corrected chi connectivity index (χ2v) is 10.5. The molecule has 0 unspecified atom stereocenters. The summed E-state index contributed by atoms with van der Waals surface area (Å²) in [5, 5.41) is 0.580. The van der Waals surface area contributed by atoms with Crippen molar-refractivity contribution < 1.29 is 16.8 Å². The minimum atomic E-state index is -3.93. The lowest BCUT2D eigenvalue weighted by Gasteiger charge is -2.10. The largest absolute Gasteiger partial charge is 0.283 e. The SMILES string of the molecule is Cc1ccnc(NS(=O)(=O)c2ccc(NS(=O)(=O)Cc3ccc(Cl)c(Cl)c3)cc2)n1. The normalized spacial score (nSPS) is 11.8. The van der Waals surface area contributed by atoms with Crippen LogP contribution in [0.2, 0.25) is 10.0 Å². The van der Waals surface area contributed by atoms with Gasteiger partial charge in [-0.15, -0.1) is 0 Å². The van der Waals surface area contributed by atoms with Crippen molar-refractivity contribution in [2.45, 2.75) is 17.6 Å². The molecule has 0 saturated carbocycles. The van der Waals surface area contributed by atoms with Crippen molar-refractivity contribution in [2.75, 3.05) is 9.44 Å². The minimum absolute atomic E-state index is 0.0543. The van der Waals surface area contributed by atoms with Crippen LogP contribution in [0, 0.1) is 6.92 Å². The molecule has 3 rings (SSSR count). The number of sulfonamides is 2. The van der Waals surface area contributed by atoms with Gasteiger partial charge in [-0.1, -0.05) is 29.3 Å². The molecule has 0 spiro atoms. The molecule has 0 radical (unpaired) electrons. The van der Waals surface area contributed by atoms with Gasteiger partial charge in [0.2, 0.25) is 16.0 Å². The van der Waals surface area contributed by atoms with E-state index in [4.69, 9.17) is 23.2 Å². The van der Waals surface area contributed by atoms with E-state index in [1.807, 2.05) is 0 Å². The molecular weight excluding hydrogens is 471 g/mol. The first-order valence-corrected chi connectivity index (χ1v) is 12.3. The van der Waals surface area contributed by atoms with Crippen LogP contribution in [0.25, 0.3) is 0 Å². The first-order chi connectivity index (χ1) is 14.0. The van der Waals surface area contributed by atoms with Crippen molar-refractivity contribution in [3.63, 3.8) is 0 Å². The molecule has 30 heavy (non-hydrogen) atoms.